The van der Waals surface area contributed by atoms with Crippen LogP contribution >= 0.6 is 0 Å². The molecule has 3 aliphatic rings. The topological polar surface area (TPSA) is 79.8 Å². The summed E-state index contributed by atoms with van der Waals surface area (Å²) in [4.78, 5) is 26.7. The van der Waals surface area contributed by atoms with E-state index in [1.807, 2.05) is 18.2 Å². The lowest BCUT2D eigenvalue weighted by Crippen LogP contribution is -2.20. The van der Waals surface area contributed by atoms with Crippen molar-refractivity contribution in [2.75, 3.05) is 49.6 Å². The highest BCUT2D eigenvalue weighted by Crippen LogP contribution is 2.39. The first-order chi connectivity index (χ1) is 17.7. The number of carbonyl (C=O) groups excluding carboxylic acids is 1. The first kappa shape index (κ1) is 22.9. The van der Waals surface area contributed by atoms with E-state index in [4.69, 9.17) is 9.47 Å². The number of nitrogens with one attached hydrogen (secondary N) is 1. The molecule has 1 aromatic heterocycles. The molecule has 2 saturated heterocycles. The first-order valence-corrected chi connectivity index (χ1v) is 12.8. The van der Waals surface area contributed by atoms with E-state index in [1.54, 1.807) is 12.4 Å². The summed E-state index contributed by atoms with van der Waals surface area (Å²) in [6.45, 7) is 5.06. The van der Waals surface area contributed by atoms with E-state index in [2.05, 4.69) is 49.4 Å². The van der Waals surface area contributed by atoms with E-state index in [1.165, 1.54) is 18.4 Å². The predicted octanol–water partition coefficient (Wildman–Crippen LogP) is 4.08. The number of likely N-dealkylation sites (tertiary alicyclic amines) is 1. The minimum atomic E-state index is -0.175. The van der Waals surface area contributed by atoms with Gasteiger partial charge in [-0.1, -0.05) is 24.3 Å². The van der Waals surface area contributed by atoms with Gasteiger partial charge >= 0.3 is 0 Å². The van der Waals surface area contributed by atoms with E-state index in [0.29, 0.717) is 24.7 Å². The Morgan fingerprint density at radius 2 is 2.06 bits per heavy atom. The summed E-state index contributed by atoms with van der Waals surface area (Å²) in [7, 11) is 0. The SMILES string of the molecule is O=C(C=CCN1CCCC1)Nc1cc2c(N3CCc4ccccc43)ncnc2cc1OC1CCOC1. The molecule has 0 spiro atoms. The van der Waals surface area contributed by atoms with Crippen LogP contribution in [0.25, 0.3) is 10.9 Å². The van der Waals surface area contributed by atoms with Gasteiger partial charge in [0.2, 0.25) is 5.91 Å². The normalized spacial score (nSPS) is 19.9. The zero-order chi connectivity index (χ0) is 24.3. The standard InChI is InChI=1S/C28H31N5O3/c34-27(8-5-13-32-11-3-4-12-32)31-24-16-22-23(17-26(24)36-21-10-15-35-18-21)29-19-30-28(22)33-14-9-20-6-1-2-7-25(20)33/h1-2,5-8,16-17,19,21H,3-4,9-15,18H2,(H,31,34). The molecule has 4 heterocycles. The van der Waals surface area contributed by atoms with Gasteiger partial charge in [0.15, 0.2) is 0 Å². The van der Waals surface area contributed by atoms with Gasteiger partial charge in [-0.15, -0.1) is 0 Å². The number of fused-ring (bicyclic) bond motifs is 2. The smallest absolute Gasteiger partial charge is 0.248 e. The maximum absolute atomic E-state index is 12.9. The number of ether oxygens (including phenoxy) is 2. The van der Waals surface area contributed by atoms with Crippen LogP contribution in [0.2, 0.25) is 0 Å². The molecule has 36 heavy (non-hydrogen) atoms. The van der Waals surface area contributed by atoms with Crippen LogP contribution in [0.5, 0.6) is 5.75 Å². The molecule has 0 bridgehead atoms. The second kappa shape index (κ2) is 10.2. The fraction of sp³-hybridized carbons (Fsp3) is 0.393. The lowest BCUT2D eigenvalue weighted by atomic mass is 10.1. The highest BCUT2D eigenvalue weighted by atomic mass is 16.5. The Morgan fingerprint density at radius 3 is 2.92 bits per heavy atom. The van der Waals surface area contributed by atoms with E-state index in [0.717, 1.165) is 61.4 Å². The largest absolute Gasteiger partial charge is 0.486 e. The Balaban J connectivity index is 1.32. The van der Waals surface area contributed by atoms with Crippen LogP contribution in [0, 0.1) is 0 Å². The highest BCUT2D eigenvalue weighted by Gasteiger charge is 2.25. The third-order valence-electron chi connectivity index (χ3n) is 7.13. The number of hydrogen-bond acceptors (Lipinski definition) is 7. The number of nitrogens with zero attached hydrogens (tertiary/aromatic N) is 4. The van der Waals surface area contributed by atoms with Gasteiger partial charge in [0.1, 0.15) is 24.0 Å². The van der Waals surface area contributed by atoms with Gasteiger partial charge in [-0.05, 0) is 50.0 Å². The third-order valence-corrected chi connectivity index (χ3v) is 7.13. The van der Waals surface area contributed by atoms with Crippen LogP contribution in [0.3, 0.4) is 0 Å². The maximum atomic E-state index is 12.9. The van der Waals surface area contributed by atoms with Gasteiger partial charge in [-0.3, -0.25) is 9.69 Å². The number of carbonyl (C=O) groups is 1. The van der Waals surface area contributed by atoms with Gasteiger partial charge in [0.05, 0.1) is 24.4 Å². The Morgan fingerprint density at radius 1 is 1.17 bits per heavy atom. The molecule has 1 N–H and O–H groups in total. The number of para-hydroxylation sites is 1. The van der Waals surface area contributed by atoms with Crippen molar-refractivity contribution in [1.82, 2.24) is 14.9 Å². The molecule has 1 amide bonds. The number of benzene rings is 2. The van der Waals surface area contributed by atoms with E-state index >= 15 is 0 Å². The molecule has 2 fully saturated rings. The Kier molecular flexibility index (Phi) is 6.53. The second-order valence-electron chi connectivity index (χ2n) is 9.60. The molecule has 8 heteroatoms. The fourth-order valence-electron chi connectivity index (χ4n) is 5.27. The average molecular weight is 486 g/mol. The van der Waals surface area contributed by atoms with Gasteiger partial charge in [-0.25, -0.2) is 9.97 Å². The lowest BCUT2D eigenvalue weighted by molar-refractivity contribution is -0.111. The van der Waals surface area contributed by atoms with Gasteiger partial charge in [0, 0.05) is 42.7 Å². The number of rotatable bonds is 7. The first-order valence-electron chi connectivity index (χ1n) is 12.8. The number of aromatic nitrogens is 2. The van der Waals surface area contributed by atoms with Crippen LogP contribution in [-0.2, 0) is 16.0 Å². The van der Waals surface area contributed by atoms with Crippen LogP contribution in [0.1, 0.15) is 24.8 Å². The predicted molar refractivity (Wildman–Crippen MR) is 140 cm³/mol. The Hall–Kier alpha value is -3.49. The second-order valence-corrected chi connectivity index (χ2v) is 9.60. The monoisotopic (exact) mass is 485 g/mol. The summed E-state index contributed by atoms with van der Waals surface area (Å²) >= 11 is 0. The number of amides is 1. The summed E-state index contributed by atoms with van der Waals surface area (Å²) in [6.07, 6.45) is 9.35. The van der Waals surface area contributed by atoms with Crippen molar-refractivity contribution in [3.8, 4) is 5.75 Å². The molecule has 3 aromatic rings. The van der Waals surface area contributed by atoms with Crippen LogP contribution < -0.4 is 15.0 Å². The Bertz CT molecular complexity index is 1280. The molecule has 0 saturated carbocycles. The minimum Gasteiger partial charge on any atom is -0.486 e. The van der Waals surface area contributed by atoms with Crippen molar-refractivity contribution < 1.29 is 14.3 Å². The number of anilines is 3. The molecule has 0 aliphatic carbocycles. The van der Waals surface area contributed by atoms with Gasteiger partial charge in [0.25, 0.3) is 0 Å². The van der Waals surface area contributed by atoms with Crippen LogP contribution in [-0.4, -0.2) is 66.3 Å². The van der Waals surface area contributed by atoms with E-state index in [9.17, 15) is 4.79 Å². The van der Waals surface area contributed by atoms with Crippen molar-refractivity contribution >= 4 is 34.0 Å². The summed E-state index contributed by atoms with van der Waals surface area (Å²) in [5, 5.41) is 3.93. The fourth-order valence-corrected chi connectivity index (χ4v) is 5.27. The summed E-state index contributed by atoms with van der Waals surface area (Å²) in [5.41, 5.74) is 3.87. The molecule has 6 rings (SSSR count). The molecule has 0 radical (unpaired) electrons. The van der Waals surface area contributed by atoms with E-state index < -0.39 is 0 Å². The van der Waals surface area contributed by atoms with Crippen LogP contribution in [0.4, 0.5) is 17.2 Å². The molecule has 186 valence electrons. The Labute approximate surface area is 210 Å². The zero-order valence-electron chi connectivity index (χ0n) is 20.4. The summed E-state index contributed by atoms with van der Waals surface area (Å²) < 4.78 is 11.8. The van der Waals surface area contributed by atoms with Gasteiger partial charge < -0.3 is 19.7 Å². The number of hydrogen-bond donors (Lipinski definition) is 1. The summed E-state index contributed by atoms with van der Waals surface area (Å²) in [6, 6.07) is 12.3. The quantitative estimate of drug-likeness (QED) is 0.505. The summed E-state index contributed by atoms with van der Waals surface area (Å²) in [5.74, 6) is 1.26. The van der Waals surface area contributed by atoms with E-state index in [-0.39, 0.29) is 12.0 Å². The van der Waals surface area contributed by atoms with Crippen molar-refractivity contribution in [2.24, 2.45) is 0 Å². The van der Waals surface area contributed by atoms with Crippen LogP contribution in [0.15, 0.2) is 54.9 Å². The molecule has 8 nitrogen and oxygen atoms in total. The van der Waals surface area contributed by atoms with Crippen molar-refractivity contribution in [1.29, 1.82) is 0 Å². The maximum Gasteiger partial charge on any atom is 0.248 e. The molecule has 2 aromatic carbocycles. The molecular weight excluding hydrogens is 454 g/mol. The molecule has 1 unspecified atom stereocenters. The van der Waals surface area contributed by atoms with Crippen molar-refractivity contribution in [3.63, 3.8) is 0 Å². The molecule has 1 atom stereocenters. The van der Waals surface area contributed by atoms with Crippen molar-refractivity contribution in [3.05, 3.63) is 60.4 Å². The minimum absolute atomic E-state index is 0.0458. The highest BCUT2D eigenvalue weighted by molar-refractivity contribution is 6.04. The van der Waals surface area contributed by atoms with Gasteiger partial charge in [-0.2, -0.15) is 0 Å². The zero-order valence-corrected chi connectivity index (χ0v) is 20.4. The van der Waals surface area contributed by atoms with Crippen molar-refractivity contribution in [2.45, 2.75) is 31.8 Å². The average Bonchev–Trinajstić information content (AvgIpc) is 3.67. The molecular formula is C28H31N5O3. The third kappa shape index (κ3) is 4.79. The molecule has 3 aliphatic heterocycles. The lowest BCUT2D eigenvalue weighted by Gasteiger charge is -2.21.